The Morgan fingerprint density at radius 3 is 2.67 bits per heavy atom. The lowest BCUT2D eigenvalue weighted by Gasteiger charge is -2.10. The minimum Gasteiger partial charge on any atom is -0.467 e. The number of halogens is 1. The topological polar surface area (TPSA) is 102 Å². The van der Waals surface area contributed by atoms with E-state index >= 15 is 0 Å². The molecule has 3 rings (SSSR count). The number of ether oxygens (including phenoxy) is 2. The lowest BCUT2D eigenvalue weighted by atomic mass is 10.1. The van der Waals surface area contributed by atoms with E-state index < -0.39 is 5.91 Å². The highest BCUT2D eigenvalue weighted by atomic mass is 19.1. The van der Waals surface area contributed by atoms with Crippen LogP contribution < -0.4 is 10.2 Å². The first-order chi connectivity index (χ1) is 15.8. The van der Waals surface area contributed by atoms with E-state index in [4.69, 9.17) is 9.47 Å². The van der Waals surface area contributed by atoms with E-state index in [-0.39, 0.29) is 30.5 Å². The molecule has 0 spiro atoms. The second-order valence-electron chi connectivity index (χ2n) is 7.37. The van der Waals surface area contributed by atoms with Gasteiger partial charge >= 0.3 is 0 Å². The fourth-order valence-corrected chi connectivity index (χ4v) is 3.45. The van der Waals surface area contributed by atoms with Crippen LogP contribution in [0.15, 0.2) is 41.5 Å². The highest BCUT2D eigenvalue weighted by Gasteiger charge is 2.14. The third-order valence-electron chi connectivity index (χ3n) is 4.90. The van der Waals surface area contributed by atoms with Crippen molar-refractivity contribution in [3.63, 3.8) is 0 Å². The average molecular weight is 449 g/mol. The van der Waals surface area contributed by atoms with Crippen molar-refractivity contribution in [1.29, 1.82) is 5.26 Å². The Bertz CT molecular complexity index is 1230. The summed E-state index contributed by atoms with van der Waals surface area (Å²) in [5, 5.41) is 13.4. The fourth-order valence-electron chi connectivity index (χ4n) is 3.45. The number of amides is 1. The Morgan fingerprint density at radius 1 is 1.27 bits per heavy atom. The van der Waals surface area contributed by atoms with Crippen molar-refractivity contribution in [2.24, 2.45) is 5.10 Å². The van der Waals surface area contributed by atoms with Gasteiger partial charge in [-0.2, -0.15) is 10.4 Å². The van der Waals surface area contributed by atoms with Gasteiger partial charge in [-0.1, -0.05) is 0 Å². The van der Waals surface area contributed by atoms with Crippen LogP contribution in [-0.2, 0) is 16.1 Å². The average Bonchev–Trinajstić information content (AvgIpc) is 3.06. The summed E-state index contributed by atoms with van der Waals surface area (Å²) in [6.07, 6.45) is 1.53. The summed E-state index contributed by atoms with van der Waals surface area (Å²) in [5.74, 6) is -0.726. The smallest absolute Gasteiger partial charge is 0.278 e. The molecule has 2 aromatic heterocycles. The van der Waals surface area contributed by atoms with Crippen LogP contribution in [0.25, 0.3) is 5.69 Å². The molecular formula is C24H24FN5O3. The van der Waals surface area contributed by atoms with Crippen LogP contribution in [0.2, 0.25) is 0 Å². The van der Waals surface area contributed by atoms with E-state index in [1.807, 2.05) is 30.6 Å². The number of nitrogens with zero attached hydrogens (tertiary/aromatic N) is 4. The largest absolute Gasteiger partial charge is 0.467 e. The molecule has 0 saturated heterocycles. The number of nitrogens with one attached hydrogen (secondary N) is 1. The second-order valence-corrected chi connectivity index (χ2v) is 7.37. The summed E-state index contributed by atoms with van der Waals surface area (Å²) in [4.78, 5) is 16.4. The highest BCUT2D eigenvalue weighted by molar-refractivity contribution is 5.84. The van der Waals surface area contributed by atoms with Crippen LogP contribution in [0.4, 0.5) is 4.39 Å². The van der Waals surface area contributed by atoms with Crippen molar-refractivity contribution in [2.75, 3.05) is 13.7 Å². The number of benzene rings is 1. The van der Waals surface area contributed by atoms with E-state index in [0.717, 1.165) is 22.6 Å². The number of carbonyl (C=O) groups is 1. The monoisotopic (exact) mass is 449 g/mol. The molecule has 0 aliphatic rings. The van der Waals surface area contributed by atoms with Crippen molar-refractivity contribution in [1.82, 2.24) is 15.0 Å². The molecule has 0 saturated carbocycles. The molecule has 0 fully saturated rings. The van der Waals surface area contributed by atoms with Crippen LogP contribution in [0, 0.1) is 37.9 Å². The Labute approximate surface area is 191 Å². The summed E-state index contributed by atoms with van der Waals surface area (Å²) in [5.41, 5.74) is 7.38. The van der Waals surface area contributed by atoms with Crippen LogP contribution in [-0.4, -0.2) is 35.4 Å². The summed E-state index contributed by atoms with van der Waals surface area (Å²) in [7, 11) is 1.53. The van der Waals surface area contributed by atoms with Gasteiger partial charge in [0, 0.05) is 41.0 Å². The number of aryl methyl sites for hydroxylation is 2. The maximum atomic E-state index is 13.2. The van der Waals surface area contributed by atoms with E-state index in [1.54, 1.807) is 25.1 Å². The zero-order valence-electron chi connectivity index (χ0n) is 18.8. The molecule has 8 nitrogen and oxygen atoms in total. The zero-order valence-corrected chi connectivity index (χ0v) is 18.8. The predicted molar refractivity (Wildman–Crippen MR) is 121 cm³/mol. The van der Waals surface area contributed by atoms with Gasteiger partial charge in [0.05, 0.1) is 12.8 Å². The predicted octanol–water partition coefficient (Wildman–Crippen LogP) is 3.48. The number of hydrazone groups is 1. The SMILES string of the molecule is COCc1cc(C)nc(OCC(=O)N/N=C\c2cc(C)n(-c3ccc(F)cc3)c2C)c1C#N. The van der Waals surface area contributed by atoms with Gasteiger partial charge in [0.25, 0.3) is 5.91 Å². The number of methoxy groups -OCH3 is 1. The Morgan fingerprint density at radius 2 is 2.00 bits per heavy atom. The number of rotatable bonds is 8. The first-order valence-corrected chi connectivity index (χ1v) is 10.1. The van der Waals surface area contributed by atoms with E-state index in [0.29, 0.717) is 11.3 Å². The van der Waals surface area contributed by atoms with E-state index in [9.17, 15) is 14.4 Å². The van der Waals surface area contributed by atoms with Crippen LogP contribution in [0.5, 0.6) is 5.88 Å². The molecule has 1 N–H and O–H groups in total. The number of hydrogen-bond donors (Lipinski definition) is 1. The maximum absolute atomic E-state index is 13.2. The number of pyridine rings is 1. The molecule has 2 heterocycles. The van der Waals surface area contributed by atoms with Crippen molar-refractivity contribution >= 4 is 12.1 Å². The van der Waals surface area contributed by atoms with Gasteiger partial charge in [0.15, 0.2) is 6.61 Å². The third-order valence-corrected chi connectivity index (χ3v) is 4.90. The molecule has 170 valence electrons. The number of nitriles is 1. The molecular weight excluding hydrogens is 425 g/mol. The van der Waals surface area contributed by atoms with E-state index in [2.05, 4.69) is 15.5 Å². The summed E-state index contributed by atoms with van der Waals surface area (Å²) in [6, 6.07) is 11.9. The number of carbonyl (C=O) groups excluding carboxylic acids is 1. The summed E-state index contributed by atoms with van der Waals surface area (Å²) in [6.45, 7) is 5.48. The van der Waals surface area contributed by atoms with Gasteiger partial charge in [-0.25, -0.2) is 14.8 Å². The lowest BCUT2D eigenvalue weighted by molar-refractivity contribution is -0.123. The Balaban J connectivity index is 1.65. The lowest BCUT2D eigenvalue weighted by Crippen LogP contribution is -2.25. The molecule has 3 aromatic rings. The normalized spacial score (nSPS) is 10.9. The standard InChI is InChI=1S/C24H24FN5O3/c1-15-9-19(13-32-4)22(11-26)24(28-15)33-14-23(31)29-27-12-18-10-16(2)30(17(18)3)21-7-5-20(25)6-8-21/h5-10,12H,13-14H2,1-4H3,(H,29,31)/b27-12-. The third kappa shape index (κ3) is 5.61. The zero-order chi connectivity index (χ0) is 24.0. The molecule has 1 aromatic carbocycles. The van der Waals surface area contributed by atoms with Gasteiger partial charge in [0.2, 0.25) is 5.88 Å². The van der Waals surface area contributed by atoms with Gasteiger partial charge < -0.3 is 14.0 Å². The minimum atomic E-state index is -0.501. The summed E-state index contributed by atoms with van der Waals surface area (Å²) >= 11 is 0. The van der Waals surface area contributed by atoms with Crippen molar-refractivity contribution in [3.05, 3.63) is 76.0 Å². The number of hydrogen-bond acceptors (Lipinski definition) is 6. The van der Waals surface area contributed by atoms with Crippen LogP contribution in [0.1, 0.15) is 33.8 Å². The molecule has 0 bridgehead atoms. The first kappa shape index (κ1) is 23.6. The van der Waals surface area contributed by atoms with Gasteiger partial charge in [-0.3, -0.25) is 4.79 Å². The minimum absolute atomic E-state index is 0.0755. The summed E-state index contributed by atoms with van der Waals surface area (Å²) < 4.78 is 25.8. The van der Waals surface area contributed by atoms with Gasteiger partial charge in [0.1, 0.15) is 17.4 Å². The second kappa shape index (κ2) is 10.5. The van der Waals surface area contributed by atoms with Crippen molar-refractivity contribution in [2.45, 2.75) is 27.4 Å². The van der Waals surface area contributed by atoms with Gasteiger partial charge in [-0.05, 0) is 57.2 Å². The molecule has 0 atom stereocenters. The molecule has 33 heavy (non-hydrogen) atoms. The Hall–Kier alpha value is -4.03. The molecule has 0 aliphatic heterocycles. The Kier molecular flexibility index (Phi) is 7.53. The van der Waals surface area contributed by atoms with Crippen LogP contribution >= 0.6 is 0 Å². The highest BCUT2D eigenvalue weighted by Crippen LogP contribution is 2.22. The van der Waals surface area contributed by atoms with Crippen LogP contribution in [0.3, 0.4) is 0 Å². The molecule has 0 radical (unpaired) electrons. The van der Waals surface area contributed by atoms with Crippen molar-refractivity contribution in [3.8, 4) is 17.6 Å². The fraction of sp³-hybridized carbons (Fsp3) is 0.250. The number of aromatic nitrogens is 2. The molecule has 0 unspecified atom stereocenters. The maximum Gasteiger partial charge on any atom is 0.278 e. The van der Waals surface area contributed by atoms with Gasteiger partial charge in [-0.15, -0.1) is 0 Å². The van der Waals surface area contributed by atoms with E-state index in [1.165, 1.54) is 25.5 Å². The molecule has 9 heteroatoms. The van der Waals surface area contributed by atoms with Crippen molar-refractivity contribution < 1.29 is 18.7 Å². The first-order valence-electron chi connectivity index (χ1n) is 10.1. The quantitative estimate of drug-likeness (QED) is 0.419. The molecule has 1 amide bonds. The molecule has 0 aliphatic carbocycles.